The summed E-state index contributed by atoms with van der Waals surface area (Å²) >= 11 is 0. The van der Waals surface area contributed by atoms with Crippen molar-refractivity contribution in [1.82, 2.24) is 4.90 Å². The zero-order valence-electron chi connectivity index (χ0n) is 11.7. The molecule has 1 aromatic rings. The molecule has 1 unspecified atom stereocenters. The summed E-state index contributed by atoms with van der Waals surface area (Å²) in [7, 11) is 0. The third-order valence-corrected chi connectivity index (χ3v) is 4.58. The Labute approximate surface area is 111 Å². The second kappa shape index (κ2) is 5.85. The van der Waals surface area contributed by atoms with Crippen LogP contribution in [-0.4, -0.2) is 24.5 Å². The molecule has 1 fully saturated rings. The molecule has 1 aromatic carbocycles. The molecule has 2 heteroatoms. The van der Waals surface area contributed by atoms with Crippen LogP contribution in [0.4, 0.5) is 0 Å². The van der Waals surface area contributed by atoms with E-state index in [2.05, 4.69) is 49.1 Å². The molecule has 2 N–H and O–H groups in total. The van der Waals surface area contributed by atoms with Crippen LogP contribution in [-0.2, 0) is 6.54 Å². The van der Waals surface area contributed by atoms with Crippen LogP contribution in [0.25, 0.3) is 0 Å². The van der Waals surface area contributed by atoms with E-state index in [1.165, 1.54) is 25.1 Å². The van der Waals surface area contributed by atoms with Crippen LogP contribution < -0.4 is 5.73 Å². The fourth-order valence-electron chi connectivity index (χ4n) is 3.21. The summed E-state index contributed by atoms with van der Waals surface area (Å²) in [5.41, 5.74) is 7.68. The van der Waals surface area contributed by atoms with Gasteiger partial charge in [-0.15, -0.1) is 0 Å². The Morgan fingerprint density at radius 1 is 1.28 bits per heavy atom. The van der Waals surface area contributed by atoms with Crippen molar-refractivity contribution in [3.05, 3.63) is 35.9 Å². The smallest absolute Gasteiger partial charge is 0.0233 e. The van der Waals surface area contributed by atoms with Crippen LogP contribution in [0.1, 0.15) is 32.3 Å². The van der Waals surface area contributed by atoms with Gasteiger partial charge in [0.2, 0.25) is 0 Å². The molecule has 1 saturated heterocycles. The second-order valence-corrected chi connectivity index (χ2v) is 6.00. The molecule has 1 heterocycles. The minimum Gasteiger partial charge on any atom is -0.330 e. The van der Waals surface area contributed by atoms with Gasteiger partial charge in [0.15, 0.2) is 0 Å². The molecule has 1 aliphatic rings. The molecule has 0 saturated carbocycles. The Bertz CT molecular complexity index is 361. The molecule has 1 atom stereocenters. The quantitative estimate of drug-likeness (QED) is 0.865. The first-order chi connectivity index (χ1) is 8.66. The number of nitrogens with two attached hydrogens (primary N) is 1. The number of nitrogens with zero attached hydrogens (tertiary/aromatic N) is 1. The monoisotopic (exact) mass is 246 g/mol. The topological polar surface area (TPSA) is 29.3 Å². The SMILES string of the molecule is CC(C)C1(CCN)CCN(Cc2ccccc2)C1. The predicted octanol–water partition coefficient (Wildman–Crippen LogP) is 2.88. The average Bonchev–Trinajstić information content (AvgIpc) is 2.76. The van der Waals surface area contributed by atoms with Crippen LogP contribution in [0, 0.1) is 11.3 Å². The molecule has 100 valence electrons. The fraction of sp³-hybridized carbons (Fsp3) is 0.625. The van der Waals surface area contributed by atoms with Crippen molar-refractivity contribution >= 4 is 0 Å². The molecule has 0 amide bonds. The standard InChI is InChI=1S/C16H26N2/c1-14(2)16(8-10-17)9-11-18(13-16)12-15-6-4-3-5-7-15/h3-7,14H,8-13,17H2,1-2H3. The zero-order chi connectivity index (χ0) is 13.0. The van der Waals surface area contributed by atoms with Crippen molar-refractivity contribution in [1.29, 1.82) is 0 Å². The summed E-state index contributed by atoms with van der Waals surface area (Å²) < 4.78 is 0. The van der Waals surface area contributed by atoms with E-state index in [4.69, 9.17) is 5.73 Å². The maximum Gasteiger partial charge on any atom is 0.0233 e. The zero-order valence-corrected chi connectivity index (χ0v) is 11.7. The molecule has 2 rings (SSSR count). The van der Waals surface area contributed by atoms with Crippen molar-refractivity contribution < 1.29 is 0 Å². The number of hydrogen-bond donors (Lipinski definition) is 1. The van der Waals surface area contributed by atoms with Crippen molar-refractivity contribution in [2.45, 2.75) is 33.2 Å². The molecule has 2 nitrogen and oxygen atoms in total. The normalized spacial score (nSPS) is 24.9. The number of likely N-dealkylation sites (tertiary alicyclic amines) is 1. The Kier molecular flexibility index (Phi) is 4.41. The summed E-state index contributed by atoms with van der Waals surface area (Å²) in [5.74, 6) is 0.724. The third-order valence-electron chi connectivity index (χ3n) is 4.58. The van der Waals surface area contributed by atoms with E-state index in [1.807, 2.05) is 0 Å². The minimum atomic E-state index is 0.448. The van der Waals surface area contributed by atoms with Gasteiger partial charge in [-0.25, -0.2) is 0 Å². The molecule has 18 heavy (non-hydrogen) atoms. The summed E-state index contributed by atoms with van der Waals surface area (Å²) in [6.45, 7) is 9.02. The molecule has 0 aromatic heterocycles. The van der Waals surface area contributed by atoms with Crippen molar-refractivity contribution in [3.63, 3.8) is 0 Å². The van der Waals surface area contributed by atoms with Gasteiger partial charge in [0, 0.05) is 13.1 Å². The lowest BCUT2D eigenvalue weighted by molar-refractivity contribution is 0.171. The number of benzene rings is 1. The lowest BCUT2D eigenvalue weighted by Gasteiger charge is -2.33. The maximum absolute atomic E-state index is 5.81. The predicted molar refractivity (Wildman–Crippen MR) is 77.3 cm³/mol. The fourth-order valence-corrected chi connectivity index (χ4v) is 3.21. The highest BCUT2D eigenvalue weighted by Gasteiger charge is 2.39. The first kappa shape index (κ1) is 13.6. The van der Waals surface area contributed by atoms with Crippen LogP contribution in [0.15, 0.2) is 30.3 Å². The maximum atomic E-state index is 5.81. The Morgan fingerprint density at radius 2 is 2.00 bits per heavy atom. The van der Waals surface area contributed by atoms with Crippen molar-refractivity contribution in [3.8, 4) is 0 Å². The highest BCUT2D eigenvalue weighted by molar-refractivity contribution is 5.14. The summed E-state index contributed by atoms with van der Waals surface area (Å²) in [6, 6.07) is 10.8. The summed E-state index contributed by atoms with van der Waals surface area (Å²) in [4.78, 5) is 2.59. The molecule has 1 aliphatic heterocycles. The Hall–Kier alpha value is -0.860. The summed E-state index contributed by atoms with van der Waals surface area (Å²) in [5, 5.41) is 0. The van der Waals surface area contributed by atoms with Crippen LogP contribution in [0.2, 0.25) is 0 Å². The minimum absolute atomic E-state index is 0.448. The molecule has 0 radical (unpaired) electrons. The molecule has 0 bridgehead atoms. The third kappa shape index (κ3) is 2.93. The van der Waals surface area contributed by atoms with Crippen LogP contribution >= 0.6 is 0 Å². The van der Waals surface area contributed by atoms with Gasteiger partial charge in [0.05, 0.1) is 0 Å². The largest absolute Gasteiger partial charge is 0.330 e. The average molecular weight is 246 g/mol. The van der Waals surface area contributed by atoms with Gasteiger partial charge in [-0.1, -0.05) is 44.2 Å². The van der Waals surface area contributed by atoms with Gasteiger partial charge in [-0.05, 0) is 42.8 Å². The highest BCUT2D eigenvalue weighted by Crippen LogP contribution is 2.40. The van der Waals surface area contributed by atoms with Gasteiger partial charge < -0.3 is 5.73 Å². The van der Waals surface area contributed by atoms with Gasteiger partial charge in [-0.3, -0.25) is 4.90 Å². The molecular weight excluding hydrogens is 220 g/mol. The van der Waals surface area contributed by atoms with Crippen LogP contribution in [0.5, 0.6) is 0 Å². The Morgan fingerprint density at radius 3 is 2.61 bits per heavy atom. The van der Waals surface area contributed by atoms with Crippen molar-refractivity contribution in [2.24, 2.45) is 17.1 Å². The Balaban J connectivity index is 1.98. The lowest BCUT2D eigenvalue weighted by atomic mass is 9.74. The van der Waals surface area contributed by atoms with Gasteiger partial charge >= 0.3 is 0 Å². The first-order valence-corrected chi connectivity index (χ1v) is 7.13. The number of hydrogen-bond acceptors (Lipinski definition) is 2. The highest BCUT2D eigenvalue weighted by atomic mass is 15.2. The molecule has 0 spiro atoms. The van der Waals surface area contributed by atoms with Crippen molar-refractivity contribution in [2.75, 3.05) is 19.6 Å². The number of rotatable bonds is 5. The van der Waals surface area contributed by atoms with E-state index in [0.717, 1.165) is 25.4 Å². The lowest BCUT2D eigenvalue weighted by Crippen LogP contribution is -2.33. The first-order valence-electron chi connectivity index (χ1n) is 7.13. The van der Waals surface area contributed by atoms with E-state index >= 15 is 0 Å². The summed E-state index contributed by atoms with van der Waals surface area (Å²) in [6.07, 6.45) is 2.46. The van der Waals surface area contributed by atoms with E-state index in [1.54, 1.807) is 0 Å². The molecule has 0 aliphatic carbocycles. The van der Waals surface area contributed by atoms with E-state index in [-0.39, 0.29) is 0 Å². The molecular formula is C16H26N2. The van der Waals surface area contributed by atoms with Gasteiger partial charge in [0.1, 0.15) is 0 Å². The van der Waals surface area contributed by atoms with Gasteiger partial charge in [-0.2, -0.15) is 0 Å². The second-order valence-electron chi connectivity index (χ2n) is 6.00. The van der Waals surface area contributed by atoms with Gasteiger partial charge in [0.25, 0.3) is 0 Å². The van der Waals surface area contributed by atoms with E-state index in [9.17, 15) is 0 Å². The van der Waals surface area contributed by atoms with Crippen LogP contribution in [0.3, 0.4) is 0 Å². The van der Waals surface area contributed by atoms with E-state index < -0.39 is 0 Å². The van der Waals surface area contributed by atoms with E-state index in [0.29, 0.717) is 5.41 Å².